The van der Waals surface area contributed by atoms with Crippen LogP contribution in [-0.2, 0) is 0 Å². The lowest BCUT2D eigenvalue weighted by Crippen LogP contribution is -2.09. The lowest BCUT2D eigenvalue weighted by atomic mass is 9.96. The van der Waals surface area contributed by atoms with Gasteiger partial charge in [-0.3, -0.25) is 4.79 Å². The van der Waals surface area contributed by atoms with E-state index in [1.165, 1.54) is 7.11 Å². The highest BCUT2D eigenvalue weighted by Crippen LogP contribution is 2.28. The number of ether oxygens (including phenoxy) is 1. The number of nitrogens with two attached hydrogens (primary N) is 1. The predicted molar refractivity (Wildman–Crippen MR) is 76.8 cm³/mol. The maximum absolute atomic E-state index is 12.7. The highest BCUT2D eigenvalue weighted by atomic mass is 16.5. The van der Waals surface area contributed by atoms with E-state index < -0.39 is 0 Å². The van der Waals surface area contributed by atoms with Gasteiger partial charge in [0.05, 0.1) is 12.7 Å². The van der Waals surface area contributed by atoms with Crippen LogP contribution in [0.25, 0.3) is 0 Å². The van der Waals surface area contributed by atoms with Crippen molar-refractivity contribution in [2.24, 2.45) is 0 Å². The molecule has 0 heterocycles. The molecule has 2 N–H and O–H groups in total. The van der Waals surface area contributed by atoms with Crippen molar-refractivity contribution in [1.29, 1.82) is 0 Å². The minimum absolute atomic E-state index is 0.101. The van der Waals surface area contributed by atoms with Crippen molar-refractivity contribution < 1.29 is 9.53 Å². The number of carbonyl (C=O) groups is 1. The molecule has 0 amide bonds. The summed E-state index contributed by atoms with van der Waals surface area (Å²) >= 11 is 0. The number of nitrogen functional groups attached to an aromatic ring is 1. The fourth-order valence-electron chi connectivity index (χ4n) is 2.08. The molecule has 0 aliphatic rings. The molecule has 0 aliphatic heterocycles. The van der Waals surface area contributed by atoms with E-state index in [2.05, 4.69) is 0 Å². The Bertz CT molecular complexity index is 633. The van der Waals surface area contributed by atoms with Gasteiger partial charge in [0.1, 0.15) is 5.75 Å². The van der Waals surface area contributed by atoms with Gasteiger partial charge in [-0.05, 0) is 37.6 Å². The summed E-state index contributed by atoms with van der Waals surface area (Å²) in [5.74, 6) is 0.405. The van der Waals surface area contributed by atoms with Gasteiger partial charge in [0.15, 0.2) is 5.78 Å². The summed E-state index contributed by atoms with van der Waals surface area (Å²) in [5, 5.41) is 0. The SMILES string of the molecule is COc1cccc(N)c1C(=O)c1cc(C)ccc1C. The molecular formula is C16H17NO2. The standard InChI is InChI=1S/C16H17NO2/c1-10-7-8-11(2)12(9-10)16(18)15-13(17)5-4-6-14(15)19-3/h4-9H,17H2,1-3H3. The Hall–Kier alpha value is -2.29. The van der Waals surface area contributed by atoms with E-state index in [0.29, 0.717) is 22.6 Å². The Morgan fingerprint density at radius 3 is 2.58 bits per heavy atom. The monoisotopic (exact) mass is 255 g/mol. The van der Waals surface area contributed by atoms with E-state index in [9.17, 15) is 4.79 Å². The van der Waals surface area contributed by atoms with E-state index in [1.807, 2.05) is 32.0 Å². The van der Waals surface area contributed by atoms with Crippen molar-refractivity contribution in [1.82, 2.24) is 0 Å². The Morgan fingerprint density at radius 2 is 1.89 bits per heavy atom. The summed E-state index contributed by atoms with van der Waals surface area (Å²) in [4.78, 5) is 12.7. The summed E-state index contributed by atoms with van der Waals surface area (Å²) in [6.07, 6.45) is 0. The number of hydrogen-bond donors (Lipinski definition) is 1. The van der Waals surface area contributed by atoms with Crippen molar-refractivity contribution >= 4 is 11.5 Å². The number of methoxy groups -OCH3 is 1. The van der Waals surface area contributed by atoms with Crippen LogP contribution in [0.1, 0.15) is 27.0 Å². The van der Waals surface area contributed by atoms with Gasteiger partial charge in [0.2, 0.25) is 0 Å². The van der Waals surface area contributed by atoms with Crippen molar-refractivity contribution in [3.63, 3.8) is 0 Å². The molecule has 0 unspecified atom stereocenters. The molecule has 0 radical (unpaired) electrons. The second-order valence-electron chi connectivity index (χ2n) is 4.57. The molecule has 19 heavy (non-hydrogen) atoms. The van der Waals surface area contributed by atoms with Crippen LogP contribution in [0.5, 0.6) is 5.75 Å². The van der Waals surface area contributed by atoms with Gasteiger partial charge < -0.3 is 10.5 Å². The highest BCUT2D eigenvalue weighted by molar-refractivity contribution is 6.14. The van der Waals surface area contributed by atoms with Crippen LogP contribution in [0.3, 0.4) is 0 Å². The third-order valence-electron chi connectivity index (χ3n) is 3.14. The zero-order valence-electron chi connectivity index (χ0n) is 11.4. The molecule has 2 rings (SSSR count). The molecule has 0 aromatic heterocycles. The first-order chi connectivity index (χ1) is 9.04. The molecule has 2 aromatic carbocycles. The lowest BCUT2D eigenvalue weighted by Gasteiger charge is -2.12. The minimum atomic E-state index is -0.101. The van der Waals surface area contributed by atoms with E-state index in [4.69, 9.17) is 10.5 Å². The fraction of sp³-hybridized carbons (Fsp3) is 0.188. The normalized spacial score (nSPS) is 10.3. The number of ketones is 1. The predicted octanol–water partition coefficient (Wildman–Crippen LogP) is 3.13. The van der Waals surface area contributed by atoms with Crippen LogP contribution in [0.15, 0.2) is 36.4 Å². The summed E-state index contributed by atoms with van der Waals surface area (Å²) in [7, 11) is 1.54. The molecule has 2 aromatic rings. The van der Waals surface area contributed by atoms with Gasteiger partial charge in [-0.2, -0.15) is 0 Å². The zero-order valence-corrected chi connectivity index (χ0v) is 11.4. The van der Waals surface area contributed by atoms with Crippen molar-refractivity contribution in [2.75, 3.05) is 12.8 Å². The molecule has 0 saturated carbocycles. The minimum Gasteiger partial charge on any atom is -0.496 e. The summed E-state index contributed by atoms with van der Waals surface area (Å²) in [6.45, 7) is 3.88. The zero-order chi connectivity index (χ0) is 14.0. The van der Waals surface area contributed by atoms with Crippen molar-refractivity contribution in [3.05, 3.63) is 58.7 Å². The van der Waals surface area contributed by atoms with E-state index in [-0.39, 0.29) is 5.78 Å². The molecular weight excluding hydrogens is 238 g/mol. The largest absolute Gasteiger partial charge is 0.496 e. The van der Waals surface area contributed by atoms with Gasteiger partial charge in [0.25, 0.3) is 0 Å². The van der Waals surface area contributed by atoms with Gasteiger partial charge in [0, 0.05) is 11.3 Å². The number of hydrogen-bond acceptors (Lipinski definition) is 3. The van der Waals surface area contributed by atoms with E-state index in [1.54, 1.807) is 18.2 Å². The van der Waals surface area contributed by atoms with Crippen molar-refractivity contribution in [2.45, 2.75) is 13.8 Å². The first kappa shape index (κ1) is 13.1. The highest BCUT2D eigenvalue weighted by Gasteiger charge is 2.19. The van der Waals surface area contributed by atoms with Gasteiger partial charge >= 0.3 is 0 Å². The van der Waals surface area contributed by atoms with Crippen LogP contribution >= 0.6 is 0 Å². The summed E-state index contributed by atoms with van der Waals surface area (Å²) < 4.78 is 5.24. The third kappa shape index (κ3) is 2.45. The first-order valence-corrected chi connectivity index (χ1v) is 6.09. The van der Waals surface area contributed by atoms with Crippen LogP contribution in [0.4, 0.5) is 5.69 Å². The second-order valence-corrected chi connectivity index (χ2v) is 4.57. The topological polar surface area (TPSA) is 52.3 Å². The van der Waals surface area contributed by atoms with Crippen LogP contribution in [-0.4, -0.2) is 12.9 Å². The smallest absolute Gasteiger partial charge is 0.199 e. The van der Waals surface area contributed by atoms with E-state index in [0.717, 1.165) is 11.1 Å². The second kappa shape index (κ2) is 5.14. The Kier molecular flexibility index (Phi) is 3.56. The summed E-state index contributed by atoms with van der Waals surface area (Å²) in [5.41, 5.74) is 9.43. The van der Waals surface area contributed by atoms with Crippen LogP contribution in [0, 0.1) is 13.8 Å². The van der Waals surface area contributed by atoms with Crippen LogP contribution in [0.2, 0.25) is 0 Å². The lowest BCUT2D eigenvalue weighted by molar-refractivity contribution is 0.103. The summed E-state index contributed by atoms with van der Waals surface area (Å²) in [6, 6.07) is 11.0. The molecule has 0 bridgehead atoms. The first-order valence-electron chi connectivity index (χ1n) is 6.09. The molecule has 0 saturated heterocycles. The number of rotatable bonds is 3. The number of aryl methyl sites for hydroxylation is 2. The maximum Gasteiger partial charge on any atom is 0.199 e. The van der Waals surface area contributed by atoms with Gasteiger partial charge in [-0.1, -0.05) is 23.8 Å². The molecule has 0 spiro atoms. The Labute approximate surface area is 113 Å². The number of benzene rings is 2. The van der Waals surface area contributed by atoms with Crippen molar-refractivity contribution in [3.8, 4) is 5.75 Å². The Balaban J connectivity index is 2.59. The average Bonchev–Trinajstić information content (AvgIpc) is 2.40. The van der Waals surface area contributed by atoms with Crippen LogP contribution < -0.4 is 10.5 Å². The number of carbonyl (C=O) groups excluding carboxylic acids is 1. The Morgan fingerprint density at radius 1 is 1.16 bits per heavy atom. The number of anilines is 1. The van der Waals surface area contributed by atoms with Gasteiger partial charge in [-0.25, -0.2) is 0 Å². The fourth-order valence-corrected chi connectivity index (χ4v) is 2.08. The quantitative estimate of drug-likeness (QED) is 0.677. The molecule has 3 heteroatoms. The average molecular weight is 255 g/mol. The van der Waals surface area contributed by atoms with E-state index >= 15 is 0 Å². The molecule has 0 aliphatic carbocycles. The molecule has 0 atom stereocenters. The van der Waals surface area contributed by atoms with Gasteiger partial charge in [-0.15, -0.1) is 0 Å². The molecule has 0 fully saturated rings. The molecule has 3 nitrogen and oxygen atoms in total. The maximum atomic E-state index is 12.7. The molecule has 98 valence electrons. The third-order valence-corrected chi connectivity index (χ3v) is 3.14.